The fourth-order valence-electron chi connectivity index (χ4n) is 3.48. The maximum absolute atomic E-state index is 13.3. The molecule has 0 saturated carbocycles. The van der Waals surface area contributed by atoms with Crippen LogP contribution in [-0.2, 0) is 12.3 Å². The van der Waals surface area contributed by atoms with Crippen LogP contribution in [0.4, 0.5) is 0 Å². The highest BCUT2D eigenvalue weighted by Gasteiger charge is 2.16. The first kappa shape index (κ1) is 23.0. The molecule has 0 aliphatic rings. The summed E-state index contributed by atoms with van der Waals surface area (Å²) in [5, 5.41) is 1.25. The van der Waals surface area contributed by atoms with Gasteiger partial charge in [0.05, 0.1) is 10.9 Å². The summed E-state index contributed by atoms with van der Waals surface area (Å²) in [6.45, 7) is 8.01. The van der Waals surface area contributed by atoms with Gasteiger partial charge in [0.2, 0.25) is 0 Å². The smallest absolute Gasteiger partial charge is 0.262 e. The molecule has 0 atom stereocenters. The van der Waals surface area contributed by atoms with E-state index in [1.54, 1.807) is 51.8 Å². The SMILES string of the molecule is CCCCCn1c(SCc2ccncc2)nc2cc(C(=O)N(CC)CC)ccc2c1=O. The molecule has 0 radical (unpaired) electrons. The highest BCUT2D eigenvalue weighted by molar-refractivity contribution is 7.98. The highest BCUT2D eigenvalue weighted by Crippen LogP contribution is 2.23. The van der Waals surface area contributed by atoms with Gasteiger partial charge in [0.1, 0.15) is 0 Å². The van der Waals surface area contributed by atoms with Crippen LogP contribution in [0.15, 0.2) is 52.7 Å². The Labute approximate surface area is 187 Å². The Hall–Kier alpha value is -2.67. The number of amides is 1. The Morgan fingerprint density at radius 3 is 2.48 bits per heavy atom. The van der Waals surface area contributed by atoms with Gasteiger partial charge in [0.25, 0.3) is 11.5 Å². The predicted octanol–water partition coefficient (Wildman–Crippen LogP) is 4.76. The summed E-state index contributed by atoms with van der Waals surface area (Å²) in [4.78, 5) is 36.7. The lowest BCUT2D eigenvalue weighted by Gasteiger charge is -2.19. The molecule has 3 rings (SSSR count). The van der Waals surface area contributed by atoms with E-state index >= 15 is 0 Å². The first-order valence-electron chi connectivity index (χ1n) is 10.9. The van der Waals surface area contributed by atoms with Gasteiger partial charge in [0, 0.05) is 43.3 Å². The molecule has 0 N–H and O–H groups in total. The van der Waals surface area contributed by atoms with Gasteiger partial charge in [-0.05, 0) is 56.2 Å². The Bertz CT molecular complexity index is 1080. The van der Waals surface area contributed by atoms with Crippen molar-refractivity contribution in [1.82, 2.24) is 19.4 Å². The van der Waals surface area contributed by atoms with Crippen LogP contribution in [0.5, 0.6) is 0 Å². The zero-order valence-corrected chi connectivity index (χ0v) is 19.3. The zero-order chi connectivity index (χ0) is 22.2. The Morgan fingerprint density at radius 2 is 1.81 bits per heavy atom. The number of hydrogen-bond acceptors (Lipinski definition) is 5. The van der Waals surface area contributed by atoms with Crippen molar-refractivity contribution in [3.05, 3.63) is 64.2 Å². The van der Waals surface area contributed by atoms with E-state index in [-0.39, 0.29) is 11.5 Å². The van der Waals surface area contributed by atoms with Gasteiger partial charge >= 0.3 is 0 Å². The molecule has 31 heavy (non-hydrogen) atoms. The zero-order valence-electron chi connectivity index (χ0n) is 18.5. The molecule has 0 bridgehead atoms. The van der Waals surface area contributed by atoms with Gasteiger partial charge in [0.15, 0.2) is 5.16 Å². The van der Waals surface area contributed by atoms with E-state index in [0.717, 1.165) is 24.8 Å². The third-order valence-corrected chi connectivity index (χ3v) is 6.37. The van der Waals surface area contributed by atoms with E-state index in [4.69, 9.17) is 4.98 Å². The minimum atomic E-state index is -0.0415. The molecule has 3 aromatic rings. The summed E-state index contributed by atoms with van der Waals surface area (Å²) in [5.41, 5.74) is 2.23. The molecule has 0 saturated heterocycles. The molecule has 0 unspecified atom stereocenters. The van der Waals surface area contributed by atoms with E-state index in [1.165, 1.54) is 0 Å². The molecule has 7 heteroatoms. The number of carbonyl (C=O) groups is 1. The van der Waals surface area contributed by atoms with Gasteiger partial charge in [-0.1, -0.05) is 31.5 Å². The van der Waals surface area contributed by atoms with Crippen molar-refractivity contribution in [2.75, 3.05) is 13.1 Å². The first-order valence-corrected chi connectivity index (χ1v) is 11.9. The monoisotopic (exact) mass is 438 g/mol. The number of thioether (sulfide) groups is 1. The number of carbonyl (C=O) groups excluding carboxylic acids is 1. The van der Waals surface area contributed by atoms with Crippen LogP contribution in [0.3, 0.4) is 0 Å². The van der Waals surface area contributed by atoms with Gasteiger partial charge in [-0.2, -0.15) is 0 Å². The van der Waals surface area contributed by atoms with Gasteiger partial charge in [-0.15, -0.1) is 0 Å². The quantitative estimate of drug-likeness (QED) is 0.259. The first-order chi connectivity index (χ1) is 15.1. The lowest BCUT2D eigenvalue weighted by molar-refractivity contribution is 0.0773. The summed E-state index contributed by atoms with van der Waals surface area (Å²) in [6, 6.07) is 9.17. The number of hydrogen-bond donors (Lipinski definition) is 0. The minimum Gasteiger partial charge on any atom is -0.339 e. The van der Waals surface area contributed by atoms with Gasteiger partial charge in [-0.25, -0.2) is 4.98 Å². The van der Waals surface area contributed by atoms with E-state index in [9.17, 15) is 9.59 Å². The molecule has 1 amide bonds. The molecule has 0 aliphatic heterocycles. The highest BCUT2D eigenvalue weighted by atomic mass is 32.2. The van der Waals surface area contributed by atoms with Gasteiger partial charge in [-0.3, -0.25) is 19.1 Å². The fraction of sp³-hybridized carbons (Fsp3) is 0.417. The van der Waals surface area contributed by atoms with Crippen LogP contribution in [0, 0.1) is 0 Å². The molecule has 2 heterocycles. The normalized spacial score (nSPS) is 11.1. The van der Waals surface area contributed by atoms with Crippen molar-refractivity contribution in [2.24, 2.45) is 0 Å². The largest absolute Gasteiger partial charge is 0.339 e. The summed E-state index contributed by atoms with van der Waals surface area (Å²) in [7, 11) is 0. The average molecular weight is 439 g/mol. The molecule has 2 aromatic heterocycles. The molecule has 164 valence electrons. The number of nitrogens with zero attached hydrogens (tertiary/aromatic N) is 4. The Kier molecular flexibility index (Phi) is 8.23. The van der Waals surface area contributed by atoms with Crippen molar-refractivity contribution < 1.29 is 4.79 Å². The molecular weight excluding hydrogens is 408 g/mol. The summed E-state index contributed by atoms with van der Waals surface area (Å²) in [5.74, 6) is 0.665. The lowest BCUT2D eigenvalue weighted by atomic mass is 10.1. The summed E-state index contributed by atoms with van der Waals surface area (Å²) in [6.07, 6.45) is 6.62. The van der Waals surface area contributed by atoms with Crippen LogP contribution in [0.2, 0.25) is 0 Å². The second-order valence-electron chi connectivity index (χ2n) is 7.41. The molecule has 0 aliphatic carbocycles. The Morgan fingerprint density at radius 1 is 1.06 bits per heavy atom. The fourth-order valence-corrected chi connectivity index (χ4v) is 4.46. The van der Waals surface area contributed by atoms with Crippen LogP contribution >= 0.6 is 11.8 Å². The standard InChI is InChI=1S/C24H30N4O2S/c1-4-7-8-15-28-23(30)20-10-9-19(22(29)27(5-2)6-3)16-21(20)26-24(28)31-17-18-11-13-25-14-12-18/h9-14,16H,4-8,15,17H2,1-3H3. The van der Waals surface area contributed by atoms with Crippen molar-refractivity contribution in [3.63, 3.8) is 0 Å². The molecule has 1 aromatic carbocycles. The van der Waals surface area contributed by atoms with E-state index in [2.05, 4.69) is 11.9 Å². The van der Waals surface area contributed by atoms with E-state index in [1.807, 2.05) is 26.0 Å². The number of aromatic nitrogens is 3. The van der Waals surface area contributed by atoms with Crippen LogP contribution in [0.25, 0.3) is 10.9 Å². The molecular formula is C24H30N4O2S. The van der Waals surface area contributed by atoms with E-state index in [0.29, 0.717) is 47.0 Å². The number of rotatable bonds is 10. The lowest BCUT2D eigenvalue weighted by Crippen LogP contribution is -2.30. The average Bonchev–Trinajstić information content (AvgIpc) is 2.80. The second kappa shape index (κ2) is 11.1. The van der Waals surface area contributed by atoms with Crippen LogP contribution in [0.1, 0.15) is 56.0 Å². The third-order valence-electron chi connectivity index (χ3n) is 5.32. The molecule has 0 spiro atoms. The topological polar surface area (TPSA) is 68.1 Å². The second-order valence-corrected chi connectivity index (χ2v) is 8.35. The Balaban J connectivity index is 2.01. The number of fused-ring (bicyclic) bond motifs is 1. The van der Waals surface area contributed by atoms with E-state index < -0.39 is 0 Å². The third kappa shape index (κ3) is 5.53. The van der Waals surface area contributed by atoms with Crippen molar-refractivity contribution >= 4 is 28.6 Å². The van der Waals surface area contributed by atoms with Crippen LogP contribution in [-0.4, -0.2) is 38.4 Å². The maximum atomic E-state index is 13.3. The summed E-state index contributed by atoms with van der Waals surface area (Å²) >= 11 is 1.55. The molecule has 6 nitrogen and oxygen atoms in total. The number of pyridine rings is 1. The number of benzene rings is 1. The van der Waals surface area contributed by atoms with Gasteiger partial charge < -0.3 is 4.90 Å². The minimum absolute atomic E-state index is 0.0354. The number of unbranched alkanes of at least 4 members (excludes halogenated alkanes) is 2. The summed E-state index contributed by atoms with van der Waals surface area (Å²) < 4.78 is 1.79. The van der Waals surface area contributed by atoms with Crippen LogP contribution < -0.4 is 5.56 Å². The van der Waals surface area contributed by atoms with Crippen molar-refractivity contribution in [1.29, 1.82) is 0 Å². The van der Waals surface area contributed by atoms with Crippen molar-refractivity contribution in [2.45, 2.75) is 57.5 Å². The van der Waals surface area contributed by atoms with Crippen molar-refractivity contribution in [3.8, 4) is 0 Å². The maximum Gasteiger partial charge on any atom is 0.262 e. The predicted molar refractivity (Wildman–Crippen MR) is 127 cm³/mol. The molecule has 0 fully saturated rings.